The van der Waals surface area contributed by atoms with Gasteiger partial charge < -0.3 is 9.84 Å². The number of aryl methyl sites for hydroxylation is 1. The van der Waals surface area contributed by atoms with Crippen molar-refractivity contribution in [2.45, 2.75) is 20.3 Å². The summed E-state index contributed by atoms with van der Waals surface area (Å²) < 4.78 is 5.37. The van der Waals surface area contributed by atoms with E-state index in [1.807, 2.05) is 38.1 Å². The Kier molecular flexibility index (Phi) is 4.71. The van der Waals surface area contributed by atoms with Gasteiger partial charge in [0.2, 0.25) is 0 Å². The third kappa shape index (κ3) is 3.57. The molecule has 0 saturated heterocycles. The number of phenols is 1. The summed E-state index contributed by atoms with van der Waals surface area (Å²) in [6.07, 6.45) is 0.798. The van der Waals surface area contributed by atoms with Crippen LogP contribution in [0, 0.1) is 0 Å². The molecule has 0 amide bonds. The first kappa shape index (κ1) is 14.1. The molecule has 0 aromatic heterocycles. The maximum absolute atomic E-state index is 9.45. The van der Waals surface area contributed by atoms with Crippen LogP contribution >= 0.6 is 0 Å². The lowest BCUT2D eigenvalue weighted by molar-refractivity contribution is 0.340. The number of phenolic OH excluding ortho intramolecular Hbond substituents is 1. The van der Waals surface area contributed by atoms with Crippen molar-refractivity contribution in [1.29, 1.82) is 0 Å². The summed E-state index contributed by atoms with van der Waals surface area (Å²) in [6.45, 7) is 4.61. The van der Waals surface area contributed by atoms with Gasteiger partial charge in [-0.25, -0.2) is 0 Å². The van der Waals surface area contributed by atoms with Crippen LogP contribution in [-0.4, -0.2) is 11.7 Å². The number of rotatable bonds is 5. The van der Waals surface area contributed by atoms with Crippen LogP contribution in [0.4, 0.5) is 11.4 Å². The predicted molar refractivity (Wildman–Crippen MR) is 79.3 cm³/mol. The van der Waals surface area contributed by atoms with Crippen molar-refractivity contribution >= 4 is 11.4 Å². The molecule has 0 unspecified atom stereocenters. The summed E-state index contributed by atoms with van der Waals surface area (Å²) in [5.74, 6) is 1.08. The van der Waals surface area contributed by atoms with Gasteiger partial charge in [0.1, 0.15) is 11.5 Å². The summed E-state index contributed by atoms with van der Waals surface area (Å²) in [5, 5.41) is 17.9. The lowest BCUT2D eigenvalue weighted by atomic mass is 10.1. The molecule has 0 aliphatic rings. The van der Waals surface area contributed by atoms with Crippen LogP contribution in [0.25, 0.3) is 0 Å². The number of azo groups is 1. The topological polar surface area (TPSA) is 54.2 Å². The van der Waals surface area contributed by atoms with Crippen molar-refractivity contribution in [3.63, 3.8) is 0 Å². The summed E-state index contributed by atoms with van der Waals surface area (Å²) >= 11 is 0. The zero-order valence-electron chi connectivity index (χ0n) is 11.7. The predicted octanol–water partition coefficient (Wildman–Crippen LogP) is 4.77. The smallest absolute Gasteiger partial charge is 0.119 e. The molecule has 0 heterocycles. The summed E-state index contributed by atoms with van der Waals surface area (Å²) in [7, 11) is 0. The van der Waals surface area contributed by atoms with Gasteiger partial charge in [-0.05, 0) is 61.4 Å². The second kappa shape index (κ2) is 6.70. The highest BCUT2D eigenvalue weighted by Gasteiger charge is 2.01. The first-order valence-electron chi connectivity index (χ1n) is 6.69. The Morgan fingerprint density at radius 1 is 1.00 bits per heavy atom. The monoisotopic (exact) mass is 270 g/mol. The molecule has 0 atom stereocenters. The van der Waals surface area contributed by atoms with Crippen LogP contribution in [-0.2, 0) is 6.42 Å². The van der Waals surface area contributed by atoms with E-state index >= 15 is 0 Å². The van der Waals surface area contributed by atoms with Crippen molar-refractivity contribution in [1.82, 2.24) is 0 Å². The van der Waals surface area contributed by atoms with Crippen LogP contribution in [0.15, 0.2) is 52.7 Å². The van der Waals surface area contributed by atoms with Gasteiger partial charge in [0.15, 0.2) is 0 Å². The van der Waals surface area contributed by atoms with E-state index in [1.165, 1.54) is 0 Å². The van der Waals surface area contributed by atoms with Crippen LogP contribution in [0.1, 0.15) is 19.4 Å². The maximum atomic E-state index is 9.45. The van der Waals surface area contributed by atoms with Crippen molar-refractivity contribution in [3.05, 3.63) is 48.0 Å². The first-order valence-corrected chi connectivity index (χ1v) is 6.69. The van der Waals surface area contributed by atoms with Crippen molar-refractivity contribution in [2.75, 3.05) is 6.61 Å². The van der Waals surface area contributed by atoms with E-state index in [-0.39, 0.29) is 5.75 Å². The minimum atomic E-state index is 0.252. The molecular formula is C16H18N2O2. The Morgan fingerprint density at radius 2 is 1.75 bits per heavy atom. The number of aromatic hydroxyl groups is 1. The van der Waals surface area contributed by atoms with E-state index in [1.54, 1.807) is 18.2 Å². The van der Waals surface area contributed by atoms with Gasteiger partial charge in [-0.3, -0.25) is 0 Å². The Labute approximate surface area is 118 Å². The maximum Gasteiger partial charge on any atom is 0.119 e. The average Bonchev–Trinajstić information content (AvgIpc) is 2.47. The number of benzene rings is 2. The molecule has 0 spiro atoms. The van der Waals surface area contributed by atoms with E-state index in [0.717, 1.165) is 29.1 Å². The molecule has 0 aliphatic heterocycles. The molecule has 0 radical (unpaired) electrons. The SMILES string of the molecule is CCOc1ccc(/N=N/c2ccc(O)cc2CC)cc1. The molecule has 2 rings (SSSR count). The number of hydrogen-bond donors (Lipinski definition) is 1. The molecule has 2 aromatic rings. The van der Waals surface area contributed by atoms with Crippen LogP contribution < -0.4 is 4.74 Å². The van der Waals surface area contributed by atoms with Gasteiger partial charge in [0.05, 0.1) is 18.0 Å². The number of hydrogen-bond acceptors (Lipinski definition) is 4. The van der Waals surface area contributed by atoms with E-state index < -0.39 is 0 Å². The van der Waals surface area contributed by atoms with Gasteiger partial charge in [-0.1, -0.05) is 6.92 Å². The highest BCUT2D eigenvalue weighted by Crippen LogP contribution is 2.27. The third-order valence-corrected chi connectivity index (χ3v) is 2.86. The molecule has 2 aromatic carbocycles. The zero-order chi connectivity index (χ0) is 14.4. The summed E-state index contributed by atoms with van der Waals surface area (Å²) in [4.78, 5) is 0. The molecule has 1 N–H and O–H groups in total. The standard InChI is InChI=1S/C16H18N2O2/c1-3-12-11-14(19)7-10-16(12)18-17-13-5-8-15(9-6-13)20-4-2/h5-11,19H,3-4H2,1-2H3/b18-17+. The molecule has 0 saturated carbocycles. The summed E-state index contributed by atoms with van der Waals surface area (Å²) in [6, 6.07) is 12.6. The normalized spacial score (nSPS) is 10.9. The molecule has 104 valence electrons. The van der Waals surface area contributed by atoms with Gasteiger partial charge >= 0.3 is 0 Å². The highest BCUT2D eigenvalue weighted by atomic mass is 16.5. The molecule has 4 heteroatoms. The molecule has 4 nitrogen and oxygen atoms in total. The van der Waals surface area contributed by atoms with E-state index in [2.05, 4.69) is 10.2 Å². The second-order valence-electron chi connectivity index (χ2n) is 4.29. The third-order valence-electron chi connectivity index (χ3n) is 2.86. The molecule has 0 fully saturated rings. The minimum absolute atomic E-state index is 0.252. The van der Waals surface area contributed by atoms with Crippen molar-refractivity contribution in [3.8, 4) is 11.5 Å². The Morgan fingerprint density at radius 3 is 2.40 bits per heavy atom. The van der Waals surface area contributed by atoms with Crippen LogP contribution in [0.3, 0.4) is 0 Å². The molecular weight excluding hydrogens is 252 g/mol. The van der Waals surface area contributed by atoms with Crippen molar-refractivity contribution in [2.24, 2.45) is 10.2 Å². The minimum Gasteiger partial charge on any atom is -0.508 e. The molecule has 20 heavy (non-hydrogen) atoms. The highest BCUT2D eigenvalue weighted by molar-refractivity contribution is 5.50. The number of nitrogens with zero attached hydrogens (tertiary/aromatic N) is 2. The van der Waals surface area contributed by atoms with E-state index in [9.17, 15) is 5.11 Å². The Bertz CT molecular complexity index is 592. The van der Waals surface area contributed by atoms with Crippen LogP contribution in [0.5, 0.6) is 11.5 Å². The molecule has 0 bridgehead atoms. The number of ether oxygens (including phenoxy) is 1. The van der Waals surface area contributed by atoms with Gasteiger partial charge in [0.25, 0.3) is 0 Å². The first-order chi connectivity index (χ1) is 9.72. The molecule has 0 aliphatic carbocycles. The Hall–Kier alpha value is -2.36. The Balaban J connectivity index is 2.16. The fraction of sp³-hybridized carbons (Fsp3) is 0.250. The zero-order valence-corrected chi connectivity index (χ0v) is 11.7. The van der Waals surface area contributed by atoms with Gasteiger partial charge in [-0.2, -0.15) is 10.2 Å². The lowest BCUT2D eigenvalue weighted by Gasteiger charge is -2.03. The average molecular weight is 270 g/mol. The van der Waals surface area contributed by atoms with Crippen LogP contribution in [0.2, 0.25) is 0 Å². The quantitative estimate of drug-likeness (QED) is 0.796. The fourth-order valence-corrected chi connectivity index (χ4v) is 1.84. The fourth-order valence-electron chi connectivity index (χ4n) is 1.84. The summed E-state index contributed by atoms with van der Waals surface area (Å²) in [5.41, 5.74) is 2.52. The van der Waals surface area contributed by atoms with Crippen molar-refractivity contribution < 1.29 is 9.84 Å². The van der Waals surface area contributed by atoms with Gasteiger partial charge in [-0.15, -0.1) is 0 Å². The lowest BCUT2D eigenvalue weighted by Crippen LogP contribution is -1.89. The second-order valence-corrected chi connectivity index (χ2v) is 4.29. The van der Waals surface area contributed by atoms with E-state index in [4.69, 9.17) is 4.74 Å². The van der Waals surface area contributed by atoms with E-state index in [0.29, 0.717) is 6.61 Å². The van der Waals surface area contributed by atoms with Gasteiger partial charge in [0, 0.05) is 0 Å². The largest absolute Gasteiger partial charge is 0.508 e.